The van der Waals surface area contributed by atoms with Crippen molar-refractivity contribution in [3.63, 3.8) is 0 Å². The van der Waals surface area contributed by atoms with Crippen molar-refractivity contribution < 1.29 is 18.0 Å². The Morgan fingerprint density at radius 3 is 2.33 bits per heavy atom. The van der Waals surface area contributed by atoms with Crippen molar-refractivity contribution in [3.05, 3.63) is 52.7 Å². The number of hydrogen-bond donors (Lipinski definition) is 1. The van der Waals surface area contributed by atoms with E-state index >= 15 is 0 Å². The fourth-order valence-electron chi connectivity index (χ4n) is 3.43. The second-order valence-corrected chi connectivity index (χ2v) is 8.02. The van der Waals surface area contributed by atoms with E-state index in [0.29, 0.717) is 24.3 Å². The van der Waals surface area contributed by atoms with Crippen molar-refractivity contribution in [2.75, 3.05) is 7.05 Å². The van der Waals surface area contributed by atoms with Crippen molar-refractivity contribution in [1.82, 2.24) is 4.90 Å². The molecule has 0 saturated heterocycles. The van der Waals surface area contributed by atoms with Crippen molar-refractivity contribution in [1.29, 1.82) is 0 Å². The number of nitrogens with two attached hydrogens (primary N) is 1. The molecule has 2 rings (SSSR count). The number of allylic oxidation sites excluding steroid dienone is 1. The minimum absolute atomic E-state index is 0.178. The third-order valence-corrected chi connectivity index (χ3v) is 5.51. The van der Waals surface area contributed by atoms with Crippen LogP contribution in [-0.2, 0) is 4.79 Å². The summed E-state index contributed by atoms with van der Waals surface area (Å²) in [5.74, 6) is -1.87. The van der Waals surface area contributed by atoms with Crippen molar-refractivity contribution in [2.45, 2.75) is 65.0 Å². The molecule has 0 aromatic heterocycles. The van der Waals surface area contributed by atoms with Gasteiger partial charge in [0.05, 0.1) is 11.7 Å². The van der Waals surface area contributed by atoms with E-state index in [9.17, 15) is 18.0 Å². The highest BCUT2D eigenvalue weighted by atomic mass is 19.3. The van der Waals surface area contributed by atoms with Crippen LogP contribution in [0.2, 0.25) is 0 Å². The predicted molar refractivity (Wildman–Crippen MR) is 115 cm³/mol. The maximum atomic E-state index is 14.3. The van der Waals surface area contributed by atoms with Crippen LogP contribution in [0.1, 0.15) is 56.2 Å². The highest BCUT2D eigenvalue weighted by Gasteiger charge is 2.40. The molecule has 1 aliphatic carbocycles. The summed E-state index contributed by atoms with van der Waals surface area (Å²) in [4.78, 5) is 17.9. The third-order valence-electron chi connectivity index (χ3n) is 5.51. The zero-order valence-electron chi connectivity index (χ0n) is 18.2. The average molecular weight is 422 g/mol. The molecule has 4 nitrogen and oxygen atoms in total. The molecule has 1 saturated carbocycles. The number of carbonyl (C=O) groups excluding carboxylic acids is 1. The number of hydrogen-bond acceptors (Lipinski definition) is 3. The van der Waals surface area contributed by atoms with E-state index in [1.165, 1.54) is 4.90 Å². The maximum absolute atomic E-state index is 14.3. The molecule has 0 spiro atoms. The largest absolute Gasteiger partial charge is 0.397 e. The lowest BCUT2D eigenvalue weighted by Gasteiger charge is -2.32. The van der Waals surface area contributed by atoms with Crippen LogP contribution in [-0.4, -0.2) is 42.3 Å². The molecule has 2 N–H and O–H groups in total. The second kappa shape index (κ2) is 9.49. The summed E-state index contributed by atoms with van der Waals surface area (Å²) in [5, 5.41) is 0. The van der Waals surface area contributed by atoms with Gasteiger partial charge in [0.15, 0.2) is 0 Å². The van der Waals surface area contributed by atoms with Crippen LogP contribution in [0, 0.1) is 6.92 Å². The van der Waals surface area contributed by atoms with Gasteiger partial charge >= 0.3 is 0 Å². The Kier molecular flexibility index (Phi) is 7.50. The maximum Gasteiger partial charge on any atom is 0.278 e. The monoisotopic (exact) mass is 421 g/mol. The van der Waals surface area contributed by atoms with Crippen LogP contribution >= 0.6 is 0 Å². The standard InChI is InChI=1S/C23H30F3N3O/c1-12(2)16-8-7-13(3)18(11-16)14(4)15(5)29(17-9-10-17)23(30)19(22(26)28-6)20(27)21(24)25/h7-8,11-12,15,17,21H,4,9-10,27H2,1-3,5-6H3. The highest BCUT2D eigenvalue weighted by Crippen LogP contribution is 2.36. The quantitative estimate of drug-likeness (QED) is 0.475. The van der Waals surface area contributed by atoms with E-state index < -0.39 is 35.6 Å². The van der Waals surface area contributed by atoms with E-state index in [-0.39, 0.29) is 6.04 Å². The summed E-state index contributed by atoms with van der Waals surface area (Å²) in [6.45, 7) is 12.1. The molecule has 0 bridgehead atoms. The van der Waals surface area contributed by atoms with Crippen LogP contribution in [0.15, 0.2) is 41.0 Å². The summed E-state index contributed by atoms with van der Waals surface area (Å²) in [6, 6.07) is 5.36. The van der Waals surface area contributed by atoms with Gasteiger partial charge in [-0.15, -0.1) is 0 Å². The molecule has 30 heavy (non-hydrogen) atoms. The number of nitrogens with zero attached hydrogens (tertiary/aromatic N) is 2. The van der Waals surface area contributed by atoms with E-state index in [1.807, 2.05) is 25.1 Å². The predicted octanol–water partition coefficient (Wildman–Crippen LogP) is 4.99. The van der Waals surface area contributed by atoms with Crippen molar-refractivity contribution in [2.24, 2.45) is 10.7 Å². The lowest BCUT2D eigenvalue weighted by Crippen LogP contribution is -2.43. The van der Waals surface area contributed by atoms with Gasteiger partial charge in [0, 0.05) is 13.1 Å². The molecule has 1 unspecified atom stereocenters. The molecule has 1 aromatic rings. The van der Waals surface area contributed by atoms with E-state index in [0.717, 1.165) is 23.7 Å². The SMILES string of the molecule is C=C(c1cc(C(C)C)ccc1C)C(C)N(C(=O)C(C(F)=NC)=C(N)C(F)F)C1CC1. The number of halogens is 3. The van der Waals surface area contributed by atoms with Gasteiger partial charge in [0.1, 0.15) is 5.57 Å². The first-order chi connectivity index (χ1) is 14.0. The summed E-state index contributed by atoms with van der Waals surface area (Å²) in [7, 11) is 1.09. The Balaban J connectivity index is 2.48. The summed E-state index contributed by atoms with van der Waals surface area (Å²) in [6.07, 6.45) is -1.75. The Labute approximate surface area is 176 Å². The van der Waals surface area contributed by atoms with Gasteiger partial charge < -0.3 is 10.6 Å². The van der Waals surface area contributed by atoms with Gasteiger partial charge in [-0.3, -0.25) is 9.79 Å². The number of carbonyl (C=O) groups is 1. The number of amides is 1. The Hall–Kier alpha value is -2.57. The molecule has 1 aromatic carbocycles. The summed E-state index contributed by atoms with van der Waals surface area (Å²) in [5.41, 5.74) is 7.10. The molecule has 1 atom stereocenters. The highest BCUT2D eigenvalue weighted by molar-refractivity contribution is 6.19. The van der Waals surface area contributed by atoms with Crippen LogP contribution in [0.5, 0.6) is 0 Å². The van der Waals surface area contributed by atoms with Crippen LogP contribution < -0.4 is 5.73 Å². The van der Waals surface area contributed by atoms with Crippen LogP contribution in [0.3, 0.4) is 0 Å². The van der Waals surface area contributed by atoms with Crippen LogP contribution in [0.25, 0.3) is 5.57 Å². The number of aliphatic imine (C=N–C) groups is 1. The minimum atomic E-state index is -3.17. The third kappa shape index (κ3) is 4.94. The zero-order chi connectivity index (χ0) is 22.7. The first-order valence-electron chi connectivity index (χ1n) is 10.0. The Morgan fingerprint density at radius 1 is 1.27 bits per heavy atom. The molecule has 0 heterocycles. The van der Waals surface area contributed by atoms with E-state index in [4.69, 9.17) is 5.73 Å². The van der Waals surface area contributed by atoms with Gasteiger partial charge in [0.25, 0.3) is 12.3 Å². The normalized spacial score (nSPS) is 16.5. The van der Waals surface area contributed by atoms with Gasteiger partial charge in [0.2, 0.25) is 5.97 Å². The molecule has 0 radical (unpaired) electrons. The Bertz CT molecular complexity index is 886. The van der Waals surface area contributed by atoms with Crippen molar-refractivity contribution >= 4 is 17.4 Å². The fraction of sp³-hybridized carbons (Fsp3) is 0.478. The first kappa shape index (κ1) is 23.7. The smallest absolute Gasteiger partial charge is 0.278 e. The topological polar surface area (TPSA) is 58.7 Å². The minimum Gasteiger partial charge on any atom is -0.397 e. The van der Waals surface area contributed by atoms with E-state index in [1.54, 1.807) is 6.92 Å². The number of alkyl halides is 2. The molecule has 164 valence electrons. The molecular weight excluding hydrogens is 391 g/mol. The average Bonchev–Trinajstić information content (AvgIpc) is 3.52. The first-order valence-corrected chi connectivity index (χ1v) is 10.0. The molecule has 1 fully saturated rings. The summed E-state index contributed by atoms with van der Waals surface area (Å²) >= 11 is 0. The number of rotatable bonds is 8. The molecule has 0 aliphatic heterocycles. The zero-order valence-corrected chi connectivity index (χ0v) is 18.2. The second-order valence-electron chi connectivity index (χ2n) is 8.02. The molecule has 1 amide bonds. The lowest BCUT2D eigenvalue weighted by atomic mass is 9.91. The van der Waals surface area contributed by atoms with E-state index in [2.05, 4.69) is 25.4 Å². The van der Waals surface area contributed by atoms with Crippen molar-refractivity contribution in [3.8, 4) is 0 Å². The molecule has 7 heteroatoms. The van der Waals surface area contributed by atoms with Gasteiger partial charge in [-0.25, -0.2) is 8.78 Å². The molecular formula is C23H30F3N3O. The number of aryl methyl sites for hydroxylation is 1. The summed E-state index contributed by atoms with van der Waals surface area (Å²) < 4.78 is 40.7. The fourth-order valence-corrected chi connectivity index (χ4v) is 3.43. The Morgan fingerprint density at radius 2 is 1.87 bits per heavy atom. The van der Waals surface area contributed by atoms with Gasteiger partial charge in [-0.1, -0.05) is 38.6 Å². The van der Waals surface area contributed by atoms with Gasteiger partial charge in [-0.2, -0.15) is 4.39 Å². The molecule has 1 aliphatic rings. The van der Waals surface area contributed by atoms with Crippen LogP contribution in [0.4, 0.5) is 13.2 Å². The lowest BCUT2D eigenvalue weighted by molar-refractivity contribution is -0.128. The van der Waals surface area contributed by atoms with Gasteiger partial charge in [-0.05, 0) is 54.9 Å². The number of benzene rings is 1.